The van der Waals surface area contributed by atoms with Gasteiger partial charge in [0.25, 0.3) is 5.91 Å². The summed E-state index contributed by atoms with van der Waals surface area (Å²) in [5, 5.41) is 2.43. The Kier molecular flexibility index (Phi) is 6.76. The first kappa shape index (κ1) is 22.3. The highest BCUT2D eigenvalue weighted by Crippen LogP contribution is 2.41. The number of hydrogen-bond donors (Lipinski definition) is 2. The van der Waals surface area contributed by atoms with Crippen LogP contribution in [0.1, 0.15) is 11.1 Å². The second-order valence-corrected chi connectivity index (χ2v) is 8.98. The molecule has 1 N–H and O–H groups in total. The van der Waals surface area contributed by atoms with E-state index in [1.807, 2.05) is 30.3 Å². The summed E-state index contributed by atoms with van der Waals surface area (Å²) in [5.41, 5.74) is 1.80. The molecule has 9 heteroatoms. The molecule has 0 unspecified atom stereocenters. The van der Waals surface area contributed by atoms with Crippen molar-refractivity contribution in [1.29, 1.82) is 0 Å². The number of rotatable bonds is 7. The molecule has 0 aromatic heterocycles. The number of hydrogen-bond acceptors (Lipinski definition) is 7. The summed E-state index contributed by atoms with van der Waals surface area (Å²) in [6.45, 7) is 0.0600. The van der Waals surface area contributed by atoms with E-state index in [0.29, 0.717) is 16.4 Å². The second-order valence-electron chi connectivity index (χ2n) is 7.34. The van der Waals surface area contributed by atoms with Crippen molar-refractivity contribution < 1.29 is 23.9 Å². The summed E-state index contributed by atoms with van der Waals surface area (Å²) in [7, 11) is 1.58. The van der Waals surface area contributed by atoms with Crippen molar-refractivity contribution in [3.63, 3.8) is 0 Å². The molecule has 4 rings (SSSR count). The van der Waals surface area contributed by atoms with Crippen LogP contribution in [0.4, 0.5) is 0 Å². The van der Waals surface area contributed by atoms with Crippen LogP contribution < -0.4 is 10.1 Å². The number of carbonyl (C=O) groups excluding carboxylic acids is 3. The van der Waals surface area contributed by atoms with Gasteiger partial charge in [-0.15, -0.1) is 24.4 Å². The molecule has 0 spiro atoms. The molecule has 2 heterocycles. The van der Waals surface area contributed by atoms with Crippen LogP contribution in [0.15, 0.2) is 65.2 Å². The maximum absolute atomic E-state index is 12.8. The smallest absolute Gasteiger partial charge is 0.356 e. The maximum atomic E-state index is 12.8. The van der Waals surface area contributed by atoms with Crippen LogP contribution in [0, 0.1) is 0 Å². The fourth-order valence-electron chi connectivity index (χ4n) is 3.54. The van der Waals surface area contributed by atoms with Gasteiger partial charge >= 0.3 is 5.97 Å². The number of thiol groups is 1. The number of β-lactam (4-membered cyclic amide) rings is 1. The average Bonchev–Trinajstić information content (AvgIpc) is 2.81. The van der Waals surface area contributed by atoms with Crippen LogP contribution in [0.2, 0.25) is 0 Å². The van der Waals surface area contributed by atoms with E-state index < -0.39 is 12.0 Å². The predicted molar refractivity (Wildman–Crippen MR) is 124 cm³/mol. The zero-order valence-corrected chi connectivity index (χ0v) is 19.0. The Hall–Kier alpha value is -2.91. The molecule has 0 radical (unpaired) electrons. The molecular formula is C23H22N2O5S2. The summed E-state index contributed by atoms with van der Waals surface area (Å²) in [6, 6.07) is 15.8. The van der Waals surface area contributed by atoms with Gasteiger partial charge in [-0.1, -0.05) is 42.5 Å². The lowest BCUT2D eigenvalue weighted by atomic mass is 10.0. The number of nitrogens with one attached hydrogen (secondary N) is 1. The summed E-state index contributed by atoms with van der Waals surface area (Å²) in [6.07, 6.45) is 0.187. The molecule has 1 saturated heterocycles. The minimum Gasteiger partial charge on any atom is -0.497 e. The molecule has 0 saturated carbocycles. The first-order valence-electron chi connectivity index (χ1n) is 9.98. The summed E-state index contributed by atoms with van der Waals surface area (Å²) in [4.78, 5) is 39.8. The van der Waals surface area contributed by atoms with Crippen LogP contribution in [0.5, 0.6) is 5.75 Å². The fraction of sp³-hybridized carbons (Fsp3) is 0.261. The number of thioether (sulfide) groups is 1. The van der Waals surface area contributed by atoms with Crippen molar-refractivity contribution in [1.82, 2.24) is 10.2 Å². The molecule has 0 aliphatic carbocycles. The van der Waals surface area contributed by atoms with Crippen LogP contribution in [-0.4, -0.2) is 47.0 Å². The van der Waals surface area contributed by atoms with E-state index in [4.69, 9.17) is 9.47 Å². The molecule has 2 amide bonds. The topological polar surface area (TPSA) is 84.9 Å². The van der Waals surface area contributed by atoms with Crippen molar-refractivity contribution in [2.45, 2.75) is 24.4 Å². The number of nitrogens with zero attached hydrogens (tertiary/aromatic N) is 1. The summed E-state index contributed by atoms with van der Waals surface area (Å²) in [5.74, 6) is -0.0291. The molecular weight excluding hydrogens is 448 g/mol. The molecule has 166 valence electrons. The van der Waals surface area contributed by atoms with Crippen LogP contribution >= 0.6 is 24.4 Å². The number of methoxy groups -OCH3 is 1. The zero-order chi connectivity index (χ0) is 22.7. The molecule has 2 aliphatic rings. The molecule has 1 fully saturated rings. The lowest BCUT2D eigenvalue weighted by Crippen LogP contribution is -2.70. The van der Waals surface area contributed by atoms with Crippen molar-refractivity contribution in [2.75, 3.05) is 12.9 Å². The summed E-state index contributed by atoms with van der Waals surface area (Å²) >= 11 is 5.86. The van der Waals surface area contributed by atoms with E-state index in [9.17, 15) is 14.4 Å². The predicted octanol–water partition coefficient (Wildman–Crippen LogP) is 2.52. The summed E-state index contributed by atoms with van der Waals surface area (Å²) < 4.78 is 10.5. The minimum absolute atomic E-state index is 0.0600. The largest absolute Gasteiger partial charge is 0.497 e. The lowest BCUT2D eigenvalue weighted by Gasteiger charge is -2.49. The Morgan fingerprint density at radius 2 is 1.84 bits per heavy atom. The normalized spacial score (nSPS) is 19.7. The van der Waals surface area contributed by atoms with Crippen LogP contribution in [0.25, 0.3) is 0 Å². The van der Waals surface area contributed by atoms with Gasteiger partial charge < -0.3 is 14.8 Å². The van der Waals surface area contributed by atoms with Gasteiger partial charge in [0.1, 0.15) is 29.5 Å². The van der Waals surface area contributed by atoms with E-state index in [0.717, 1.165) is 11.1 Å². The maximum Gasteiger partial charge on any atom is 0.356 e. The van der Waals surface area contributed by atoms with Gasteiger partial charge in [0, 0.05) is 10.7 Å². The average molecular weight is 471 g/mol. The van der Waals surface area contributed by atoms with Gasteiger partial charge in [0.05, 0.1) is 13.5 Å². The van der Waals surface area contributed by atoms with E-state index in [1.54, 1.807) is 31.4 Å². The highest BCUT2D eigenvalue weighted by atomic mass is 32.2. The fourth-order valence-corrected chi connectivity index (χ4v) is 5.16. The van der Waals surface area contributed by atoms with Gasteiger partial charge in [-0.3, -0.25) is 14.5 Å². The minimum atomic E-state index is -0.679. The van der Waals surface area contributed by atoms with Crippen molar-refractivity contribution in [2.24, 2.45) is 0 Å². The Labute approximate surface area is 195 Å². The molecule has 2 aromatic carbocycles. The third-order valence-corrected chi connectivity index (χ3v) is 7.06. The molecule has 7 nitrogen and oxygen atoms in total. The quantitative estimate of drug-likeness (QED) is 0.368. The first-order valence-corrected chi connectivity index (χ1v) is 11.5. The van der Waals surface area contributed by atoms with Crippen molar-refractivity contribution in [3.8, 4) is 5.75 Å². The van der Waals surface area contributed by atoms with Gasteiger partial charge in [0.2, 0.25) is 5.91 Å². The third-order valence-electron chi connectivity index (χ3n) is 5.19. The monoisotopic (exact) mass is 470 g/mol. The number of esters is 1. The van der Waals surface area contributed by atoms with Gasteiger partial charge in [0.15, 0.2) is 0 Å². The molecule has 32 heavy (non-hydrogen) atoms. The standard InChI is InChI=1S/C23H22N2O5S2/c1-29-16-9-7-15(8-10-16)12-30-23(28)20-17(31)13-32-22-19(21(27)25(20)22)24-18(26)11-14-5-3-2-4-6-14/h2-10,19,22,31H,11-13H2,1H3,(H,24,26)/t19-,22+/m1/s1. The number of amides is 2. The Morgan fingerprint density at radius 1 is 1.12 bits per heavy atom. The third kappa shape index (κ3) is 4.63. The number of ether oxygens (including phenoxy) is 2. The molecule has 0 bridgehead atoms. The zero-order valence-electron chi connectivity index (χ0n) is 17.3. The van der Waals surface area contributed by atoms with Gasteiger partial charge in [-0.05, 0) is 23.3 Å². The van der Waals surface area contributed by atoms with Crippen molar-refractivity contribution >= 4 is 42.2 Å². The highest BCUT2D eigenvalue weighted by Gasteiger charge is 2.54. The molecule has 2 aromatic rings. The number of carbonyl (C=O) groups is 3. The first-order chi connectivity index (χ1) is 15.5. The molecule has 2 atom stereocenters. The van der Waals surface area contributed by atoms with Crippen LogP contribution in [0.3, 0.4) is 0 Å². The van der Waals surface area contributed by atoms with Crippen molar-refractivity contribution in [3.05, 3.63) is 76.3 Å². The van der Waals surface area contributed by atoms with E-state index in [-0.39, 0.29) is 35.9 Å². The second kappa shape index (κ2) is 9.70. The Balaban J connectivity index is 1.37. The highest BCUT2D eigenvalue weighted by molar-refractivity contribution is 8.01. The lowest BCUT2D eigenvalue weighted by molar-refractivity contribution is -0.153. The Bertz CT molecular complexity index is 1060. The van der Waals surface area contributed by atoms with E-state index >= 15 is 0 Å². The number of fused-ring (bicyclic) bond motifs is 1. The van der Waals surface area contributed by atoms with Gasteiger partial charge in [-0.2, -0.15) is 0 Å². The SMILES string of the molecule is COc1ccc(COC(=O)C2=C(S)CS[C@H]3[C@H](NC(=O)Cc4ccccc4)C(=O)N23)cc1. The number of benzene rings is 2. The van der Waals surface area contributed by atoms with E-state index in [2.05, 4.69) is 17.9 Å². The Morgan fingerprint density at radius 3 is 2.53 bits per heavy atom. The van der Waals surface area contributed by atoms with Gasteiger partial charge in [-0.25, -0.2) is 4.79 Å². The molecule has 2 aliphatic heterocycles. The van der Waals surface area contributed by atoms with E-state index in [1.165, 1.54) is 16.7 Å². The van der Waals surface area contributed by atoms with Crippen LogP contribution in [-0.2, 0) is 32.1 Å².